The third-order valence-corrected chi connectivity index (χ3v) is 2.68. The third kappa shape index (κ3) is 2.70. The van der Waals surface area contributed by atoms with Gasteiger partial charge in [-0.05, 0) is 33.6 Å². The number of aliphatic hydroxyl groups excluding tert-OH is 2. The highest BCUT2D eigenvalue weighted by molar-refractivity contribution is 9.10. The number of aliphatic hydroxyl groups is 2. The molecule has 1 aromatic rings. The summed E-state index contributed by atoms with van der Waals surface area (Å²) in [5, 5.41) is 17.7. The molecule has 0 bridgehead atoms. The van der Waals surface area contributed by atoms with Gasteiger partial charge >= 0.3 is 0 Å². The van der Waals surface area contributed by atoms with E-state index < -0.39 is 0 Å². The third-order valence-electron chi connectivity index (χ3n) is 2.04. The van der Waals surface area contributed by atoms with Crippen LogP contribution < -0.4 is 4.90 Å². The van der Waals surface area contributed by atoms with Crippen molar-refractivity contribution in [2.75, 3.05) is 25.1 Å². The molecule has 1 rings (SSSR count). The van der Waals surface area contributed by atoms with Gasteiger partial charge in [0, 0.05) is 18.1 Å². The monoisotopic (exact) mass is 259 g/mol. The van der Waals surface area contributed by atoms with E-state index >= 15 is 0 Å². The van der Waals surface area contributed by atoms with Crippen LogP contribution in [0.25, 0.3) is 0 Å². The quantitative estimate of drug-likeness (QED) is 0.859. The van der Waals surface area contributed by atoms with Gasteiger partial charge in [-0.3, -0.25) is 0 Å². The minimum Gasteiger partial charge on any atom is -0.395 e. The highest BCUT2D eigenvalue weighted by Gasteiger charge is 2.05. The Kier molecular flexibility index (Phi) is 4.38. The molecule has 0 saturated heterocycles. The minimum absolute atomic E-state index is 0.0442. The van der Waals surface area contributed by atoms with Crippen LogP contribution in [-0.2, 0) is 6.61 Å². The van der Waals surface area contributed by atoms with Crippen molar-refractivity contribution in [3.05, 3.63) is 28.2 Å². The number of anilines is 1. The van der Waals surface area contributed by atoms with E-state index in [1.165, 1.54) is 0 Å². The normalized spacial score (nSPS) is 10.3. The molecule has 0 fully saturated rings. The molecule has 0 radical (unpaired) electrons. The van der Waals surface area contributed by atoms with Crippen LogP contribution in [0, 0.1) is 0 Å². The molecule has 0 unspecified atom stereocenters. The predicted octanol–water partition coefficient (Wildman–Crippen LogP) is 1.37. The largest absolute Gasteiger partial charge is 0.395 e. The van der Waals surface area contributed by atoms with Gasteiger partial charge in [0.15, 0.2) is 0 Å². The fraction of sp³-hybridized carbons (Fsp3) is 0.400. The molecule has 0 atom stereocenters. The van der Waals surface area contributed by atoms with Crippen LogP contribution >= 0.6 is 15.9 Å². The summed E-state index contributed by atoms with van der Waals surface area (Å²) in [5.41, 5.74) is 1.88. The maximum absolute atomic E-state index is 8.92. The number of likely N-dealkylation sites (N-methyl/N-ethyl adjacent to an activating group) is 1. The number of hydrogen-bond donors (Lipinski definition) is 2. The highest BCUT2D eigenvalue weighted by Crippen LogP contribution is 2.26. The van der Waals surface area contributed by atoms with Crippen molar-refractivity contribution in [3.63, 3.8) is 0 Å². The van der Waals surface area contributed by atoms with Crippen LogP contribution in [-0.4, -0.2) is 30.4 Å². The molecule has 0 heterocycles. The minimum atomic E-state index is 0.0442. The van der Waals surface area contributed by atoms with Gasteiger partial charge in [0.1, 0.15) is 0 Å². The van der Waals surface area contributed by atoms with Gasteiger partial charge in [0.25, 0.3) is 0 Å². The van der Waals surface area contributed by atoms with Gasteiger partial charge in [-0.1, -0.05) is 6.07 Å². The van der Waals surface area contributed by atoms with Crippen LogP contribution in [0.5, 0.6) is 0 Å². The van der Waals surface area contributed by atoms with Crippen LogP contribution in [0.3, 0.4) is 0 Å². The summed E-state index contributed by atoms with van der Waals surface area (Å²) in [6.45, 7) is 0.768. The summed E-state index contributed by atoms with van der Waals surface area (Å²) >= 11 is 3.42. The number of halogens is 1. The van der Waals surface area contributed by atoms with E-state index in [0.717, 1.165) is 15.7 Å². The molecule has 3 nitrogen and oxygen atoms in total. The highest BCUT2D eigenvalue weighted by atomic mass is 79.9. The predicted molar refractivity (Wildman–Crippen MR) is 60.4 cm³/mol. The molecule has 0 aliphatic heterocycles. The van der Waals surface area contributed by atoms with E-state index in [9.17, 15) is 0 Å². The van der Waals surface area contributed by atoms with Crippen LogP contribution in [0.2, 0.25) is 0 Å². The fourth-order valence-corrected chi connectivity index (χ4v) is 1.96. The first-order valence-corrected chi connectivity index (χ1v) is 5.19. The van der Waals surface area contributed by atoms with Gasteiger partial charge in [-0.15, -0.1) is 0 Å². The van der Waals surface area contributed by atoms with Crippen molar-refractivity contribution in [2.24, 2.45) is 0 Å². The zero-order valence-electron chi connectivity index (χ0n) is 8.07. The Balaban J connectivity index is 2.88. The number of hydrogen-bond acceptors (Lipinski definition) is 3. The van der Waals surface area contributed by atoms with Crippen molar-refractivity contribution in [3.8, 4) is 0 Å². The standard InChI is InChI=1S/C10H14BrNO2/c1-12(4-5-13)10-3-2-8(7-14)6-9(10)11/h2-3,6,13-14H,4-5,7H2,1H3. The molecule has 14 heavy (non-hydrogen) atoms. The van der Waals surface area contributed by atoms with E-state index in [4.69, 9.17) is 10.2 Å². The average molecular weight is 260 g/mol. The van der Waals surface area contributed by atoms with E-state index in [1.807, 2.05) is 30.1 Å². The summed E-state index contributed by atoms with van der Waals surface area (Å²) in [4.78, 5) is 1.95. The number of nitrogens with zero attached hydrogens (tertiary/aromatic N) is 1. The van der Waals surface area contributed by atoms with Gasteiger partial charge in [0.2, 0.25) is 0 Å². The second-order valence-corrected chi connectivity index (χ2v) is 3.94. The first-order chi connectivity index (χ1) is 6.69. The maximum atomic E-state index is 8.92. The SMILES string of the molecule is CN(CCO)c1ccc(CO)cc1Br. The van der Waals surface area contributed by atoms with Gasteiger partial charge < -0.3 is 15.1 Å². The van der Waals surface area contributed by atoms with Crippen molar-refractivity contribution in [1.82, 2.24) is 0 Å². The van der Waals surface area contributed by atoms with Gasteiger partial charge in [-0.25, -0.2) is 0 Å². The molecule has 4 heteroatoms. The summed E-state index contributed by atoms with van der Waals surface area (Å²) in [5.74, 6) is 0. The first kappa shape index (κ1) is 11.5. The molecule has 0 aliphatic carbocycles. The Morgan fingerprint density at radius 2 is 2.07 bits per heavy atom. The molecule has 0 amide bonds. The Morgan fingerprint density at radius 1 is 1.36 bits per heavy atom. The summed E-state index contributed by atoms with van der Waals surface area (Å²) in [6.07, 6.45) is 0. The van der Waals surface area contributed by atoms with Crippen LogP contribution in [0.4, 0.5) is 5.69 Å². The number of benzene rings is 1. The van der Waals surface area contributed by atoms with E-state index in [-0.39, 0.29) is 13.2 Å². The molecule has 0 aromatic heterocycles. The molecular formula is C10H14BrNO2. The topological polar surface area (TPSA) is 43.7 Å². The van der Waals surface area contributed by atoms with Crippen molar-refractivity contribution >= 4 is 21.6 Å². The summed E-state index contributed by atoms with van der Waals surface area (Å²) < 4.78 is 0.931. The molecule has 2 N–H and O–H groups in total. The van der Waals surface area contributed by atoms with Crippen LogP contribution in [0.15, 0.2) is 22.7 Å². The zero-order valence-corrected chi connectivity index (χ0v) is 9.66. The first-order valence-electron chi connectivity index (χ1n) is 4.40. The molecule has 78 valence electrons. The Morgan fingerprint density at radius 3 is 2.57 bits per heavy atom. The smallest absolute Gasteiger partial charge is 0.0682 e. The maximum Gasteiger partial charge on any atom is 0.0682 e. The lowest BCUT2D eigenvalue weighted by atomic mass is 10.2. The molecular weight excluding hydrogens is 246 g/mol. The molecule has 0 aliphatic rings. The van der Waals surface area contributed by atoms with E-state index in [0.29, 0.717) is 6.54 Å². The molecule has 0 saturated carbocycles. The van der Waals surface area contributed by atoms with Crippen molar-refractivity contribution < 1.29 is 10.2 Å². The zero-order chi connectivity index (χ0) is 10.6. The summed E-state index contributed by atoms with van der Waals surface area (Å²) in [7, 11) is 1.91. The Labute approximate surface area is 92.1 Å². The van der Waals surface area contributed by atoms with Crippen molar-refractivity contribution in [1.29, 1.82) is 0 Å². The van der Waals surface area contributed by atoms with E-state index in [1.54, 1.807) is 0 Å². The second kappa shape index (κ2) is 5.34. The number of rotatable bonds is 4. The van der Waals surface area contributed by atoms with Gasteiger partial charge in [-0.2, -0.15) is 0 Å². The fourth-order valence-electron chi connectivity index (χ4n) is 1.23. The Hall–Kier alpha value is -0.580. The average Bonchev–Trinajstić information content (AvgIpc) is 2.17. The van der Waals surface area contributed by atoms with E-state index in [2.05, 4.69) is 15.9 Å². The summed E-state index contributed by atoms with van der Waals surface area (Å²) in [6, 6.07) is 5.67. The van der Waals surface area contributed by atoms with Crippen LogP contribution in [0.1, 0.15) is 5.56 Å². The van der Waals surface area contributed by atoms with Crippen molar-refractivity contribution in [2.45, 2.75) is 6.61 Å². The lowest BCUT2D eigenvalue weighted by molar-refractivity contribution is 0.281. The Bertz CT molecular complexity index is 304. The molecule has 1 aromatic carbocycles. The molecule has 0 spiro atoms. The second-order valence-electron chi connectivity index (χ2n) is 3.09. The lowest BCUT2D eigenvalue weighted by Crippen LogP contribution is -2.21. The lowest BCUT2D eigenvalue weighted by Gasteiger charge is -2.19. The van der Waals surface area contributed by atoms with Gasteiger partial charge in [0.05, 0.1) is 18.9 Å².